The summed E-state index contributed by atoms with van der Waals surface area (Å²) in [7, 11) is 4.28. The van der Waals surface area contributed by atoms with E-state index in [0.29, 0.717) is 17.4 Å². The van der Waals surface area contributed by atoms with Crippen molar-refractivity contribution in [1.29, 1.82) is 0 Å². The van der Waals surface area contributed by atoms with Gasteiger partial charge in [0.05, 0.1) is 27.9 Å². The van der Waals surface area contributed by atoms with Crippen LogP contribution >= 0.6 is 0 Å². The van der Waals surface area contributed by atoms with E-state index in [-0.39, 0.29) is 24.1 Å². The van der Waals surface area contributed by atoms with Gasteiger partial charge < -0.3 is 24.6 Å². The van der Waals surface area contributed by atoms with E-state index < -0.39 is 22.8 Å². The van der Waals surface area contributed by atoms with Gasteiger partial charge in [-0.3, -0.25) is 14.2 Å². The third-order valence-electron chi connectivity index (χ3n) is 6.04. The van der Waals surface area contributed by atoms with Crippen LogP contribution in [0.25, 0.3) is 0 Å². The number of carbonyl (C=O) groups excluding carboxylic acids is 1. The van der Waals surface area contributed by atoms with E-state index in [1.54, 1.807) is 37.4 Å². The SMILES string of the molecule is COc1ccc(Cn2c(OC)c(OC)c(O)c(C(=O)Nc3ccccc3C(C)CC(C)C)c2=O)cc1. The number of aromatic nitrogens is 1. The number of anilines is 1. The van der Waals surface area contributed by atoms with Gasteiger partial charge in [-0.05, 0) is 47.6 Å². The lowest BCUT2D eigenvalue weighted by Crippen LogP contribution is -2.31. The molecule has 0 aliphatic rings. The number of hydrogen-bond acceptors (Lipinski definition) is 6. The van der Waals surface area contributed by atoms with Crippen molar-refractivity contribution in [2.24, 2.45) is 5.92 Å². The zero-order valence-electron chi connectivity index (χ0n) is 21.6. The van der Waals surface area contributed by atoms with Gasteiger partial charge >= 0.3 is 0 Å². The van der Waals surface area contributed by atoms with E-state index in [2.05, 4.69) is 26.1 Å². The Morgan fingerprint density at radius 2 is 1.64 bits per heavy atom. The maximum Gasteiger partial charge on any atom is 0.270 e. The molecule has 3 rings (SSSR count). The summed E-state index contributed by atoms with van der Waals surface area (Å²) >= 11 is 0. The minimum absolute atomic E-state index is 0.0123. The van der Waals surface area contributed by atoms with Crippen molar-refractivity contribution in [2.45, 2.75) is 39.7 Å². The van der Waals surface area contributed by atoms with Crippen molar-refractivity contribution < 1.29 is 24.1 Å². The average Bonchev–Trinajstić information content (AvgIpc) is 2.85. The van der Waals surface area contributed by atoms with Crippen molar-refractivity contribution in [1.82, 2.24) is 4.57 Å². The third-order valence-corrected chi connectivity index (χ3v) is 6.04. The van der Waals surface area contributed by atoms with Crippen LogP contribution in [-0.4, -0.2) is 36.9 Å². The molecule has 3 aromatic rings. The Kier molecular flexibility index (Phi) is 8.64. The topological polar surface area (TPSA) is 99.0 Å². The Morgan fingerprint density at radius 3 is 2.22 bits per heavy atom. The Labute approximate surface area is 211 Å². The summed E-state index contributed by atoms with van der Waals surface area (Å²) in [5.41, 5.74) is 1.19. The smallest absolute Gasteiger partial charge is 0.270 e. The summed E-state index contributed by atoms with van der Waals surface area (Å²) in [5.74, 6) is -0.0555. The van der Waals surface area contributed by atoms with Gasteiger partial charge in [0.25, 0.3) is 11.5 Å². The molecule has 0 aliphatic heterocycles. The average molecular weight is 495 g/mol. The van der Waals surface area contributed by atoms with Crippen molar-refractivity contribution in [3.8, 4) is 23.1 Å². The van der Waals surface area contributed by atoms with Crippen LogP contribution in [0, 0.1) is 5.92 Å². The molecule has 0 saturated carbocycles. The molecule has 1 amide bonds. The van der Waals surface area contributed by atoms with Crippen LogP contribution in [0.1, 0.15) is 54.6 Å². The molecule has 0 fully saturated rings. The number of hydrogen-bond donors (Lipinski definition) is 2. The number of ether oxygens (including phenoxy) is 3. The summed E-state index contributed by atoms with van der Waals surface area (Å²) in [6.45, 7) is 6.47. The summed E-state index contributed by atoms with van der Waals surface area (Å²) in [5, 5.41) is 13.7. The number of aromatic hydroxyl groups is 1. The number of para-hydroxylation sites is 1. The number of carbonyl (C=O) groups is 1. The molecule has 0 radical (unpaired) electrons. The van der Waals surface area contributed by atoms with Gasteiger partial charge in [-0.15, -0.1) is 0 Å². The third kappa shape index (κ3) is 5.64. The fraction of sp³-hybridized carbons (Fsp3) is 0.357. The molecule has 0 spiro atoms. The number of nitrogens with zero attached hydrogens (tertiary/aromatic N) is 1. The van der Waals surface area contributed by atoms with E-state index in [9.17, 15) is 14.7 Å². The highest BCUT2D eigenvalue weighted by Gasteiger charge is 2.28. The molecule has 192 valence electrons. The highest BCUT2D eigenvalue weighted by atomic mass is 16.5. The maximum atomic E-state index is 13.5. The molecule has 1 heterocycles. The van der Waals surface area contributed by atoms with Crippen LogP contribution in [0.4, 0.5) is 5.69 Å². The van der Waals surface area contributed by atoms with Crippen molar-refractivity contribution >= 4 is 11.6 Å². The first-order valence-corrected chi connectivity index (χ1v) is 11.8. The van der Waals surface area contributed by atoms with Crippen LogP contribution in [-0.2, 0) is 6.54 Å². The van der Waals surface area contributed by atoms with Gasteiger partial charge in [-0.25, -0.2) is 0 Å². The van der Waals surface area contributed by atoms with E-state index >= 15 is 0 Å². The van der Waals surface area contributed by atoms with Crippen LogP contribution in [0.15, 0.2) is 53.3 Å². The van der Waals surface area contributed by atoms with Gasteiger partial charge in [0.2, 0.25) is 11.6 Å². The number of methoxy groups -OCH3 is 3. The standard InChI is InChI=1S/C28H34N2O6/c1-17(2)15-18(3)21-9-7-8-10-22(21)29-26(32)23-24(31)25(35-5)28(36-6)30(27(23)33)16-19-11-13-20(34-4)14-12-19/h7-14,17-18,31H,15-16H2,1-6H3,(H,29,32). The van der Waals surface area contributed by atoms with Gasteiger partial charge in [0, 0.05) is 5.69 Å². The minimum atomic E-state index is -0.730. The first kappa shape index (κ1) is 26.7. The van der Waals surface area contributed by atoms with Gasteiger partial charge in [-0.1, -0.05) is 51.1 Å². The Bertz CT molecular complexity index is 1260. The first-order valence-electron chi connectivity index (χ1n) is 11.8. The molecule has 0 bridgehead atoms. The quantitative estimate of drug-likeness (QED) is 0.410. The van der Waals surface area contributed by atoms with Crippen LogP contribution in [0.5, 0.6) is 23.1 Å². The second kappa shape index (κ2) is 11.7. The van der Waals surface area contributed by atoms with Gasteiger partial charge in [0.15, 0.2) is 11.3 Å². The zero-order valence-corrected chi connectivity index (χ0v) is 21.6. The van der Waals surface area contributed by atoms with E-state index in [0.717, 1.165) is 17.5 Å². The van der Waals surface area contributed by atoms with Crippen molar-refractivity contribution in [3.05, 3.63) is 75.6 Å². The second-order valence-electron chi connectivity index (χ2n) is 9.08. The Balaban J connectivity index is 2.06. The van der Waals surface area contributed by atoms with Crippen LogP contribution in [0.2, 0.25) is 0 Å². The lowest BCUT2D eigenvalue weighted by atomic mass is 9.91. The minimum Gasteiger partial charge on any atom is -0.503 e. The highest BCUT2D eigenvalue weighted by Crippen LogP contribution is 2.38. The molecule has 36 heavy (non-hydrogen) atoms. The van der Waals surface area contributed by atoms with E-state index in [1.807, 2.05) is 18.2 Å². The van der Waals surface area contributed by atoms with Gasteiger partial charge in [0.1, 0.15) is 5.75 Å². The number of nitrogens with one attached hydrogen (secondary N) is 1. The van der Waals surface area contributed by atoms with Crippen molar-refractivity contribution in [2.75, 3.05) is 26.6 Å². The summed E-state index contributed by atoms with van der Waals surface area (Å²) < 4.78 is 17.2. The van der Waals surface area contributed by atoms with Crippen molar-refractivity contribution in [3.63, 3.8) is 0 Å². The molecule has 8 nitrogen and oxygen atoms in total. The number of rotatable bonds is 10. The second-order valence-corrected chi connectivity index (χ2v) is 9.08. The summed E-state index contributed by atoms with van der Waals surface area (Å²) in [4.78, 5) is 27.0. The molecule has 1 atom stereocenters. The molecule has 1 aromatic heterocycles. The Hall–Kier alpha value is -3.94. The molecular formula is C28H34N2O6. The van der Waals surface area contributed by atoms with Crippen LogP contribution in [0.3, 0.4) is 0 Å². The summed E-state index contributed by atoms with van der Waals surface area (Å²) in [6, 6.07) is 14.6. The molecule has 8 heteroatoms. The van der Waals surface area contributed by atoms with Crippen LogP contribution < -0.4 is 25.1 Å². The normalized spacial score (nSPS) is 11.8. The first-order chi connectivity index (χ1) is 17.2. The highest BCUT2D eigenvalue weighted by molar-refractivity contribution is 6.07. The molecular weight excluding hydrogens is 460 g/mol. The summed E-state index contributed by atoms with van der Waals surface area (Å²) in [6.07, 6.45) is 0.934. The maximum absolute atomic E-state index is 13.5. The lowest BCUT2D eigenvalue weighted by Gasteiger charge is -2.20. The predicted octanol–water partition coefficient (Wildman–Crippen LogP) is 5.03. The molecule has 2 N–H and O–H groups in total. The number of amides is 1. The zero-order chi connectivity index (χ0) is 26.4. The monoisotopic (exact) mass is 494 g/mol. The molecule has 1 unspecified atom stereocenters. The number of benzene rings is 2. The molecule has 0 aliphatic carbocycles. The van der Waals surface area contributed by atoms with E-state index in [1.165, 1.54) is 18.8 Å². The van der Waals surface area contributed by atoms with E-state index in [4.69, 9.17) is 14.2 Å². The number of pyridine rings is 1. The molecule has 2 aromatic carbocycles. The van der Waals surface area contributed by atoms with Gasteiger partial charge in [-0.2, -0.15) is 0 Å². The largest absolute Gasteiger partial charge is 0.503 e. The predicted molar refractivity (Wildman–Crippen MR) is 140 cm³/mol. The fourth-order valence-electron chi connectivity index (χ4n) is 4.37. The lowest BCUT2D eigenvalue weighted by molar-refractivity contribution is 0.102. The fourth-order valence-corrected chi connectivity index (χ4v) is 4.37. The Morgan fingerprint density at radius 1 is 0.972 bits per heavy atom. The molecule has 0 saturated heterocycles.